The fraction of sp³-hybridized carbons (Fsp3) is 0.429. The van der Waals surface area contributed by atoms with E-state index >= 15 is 0 Å². The van der Waals surface area contributed by atoms with Crippen LogP contribution in [0.25, 0.3) is 0 Å². The van der Waals surface area contributed by atoms with Gasteiger partial charge in [-0.05, 0) is 55.6 Å². The first kappa shape index (κ1) is 21.6. The van der Waals surface area contributed by atoms with Crippen molar-refractivity contribution in [3.63, 3.8) is 0 Å². The van der Waals surface area contributed by atoms with E-state index in [1.165, 1.54) is 0 Å². The highest BCUT2D eigenvalue weighted by atomic mass is 19.4. The van der Waals surface area contributed by atoms with Crippen LogP contribution in [0.4, 0.5) is 26.3 Å². The van der Waals surface area contributed by atoms with Crippen LogP contribution < -0.4 is 5.32 Å². The molecule has 2 nitrogen and oxygen atoms in total. The van der Waals surface area contributed by atoms with Gasteiger partial charge in [0.15, 0.2) is 0 Å². The topological polar surface area (TPSA) is 21.3 Å². The van der Waals surface area contributed by atoms with Crippen LogP contribution in [0.3, 0.4) is 0 Å². The molecule has 3 rings (SSSR count). The highest BCUT2D eigenvalue weighted by molar-refractivity contribution is 5.33. The molecule has 0 amide bonds. The van der Waals surface area contributed by atoms with Crippen LogP contribution in [0.15, 0.2) is 42.5 Å². The third kappa shape index (κ3) is 5.51. The highest BCUT2D eigenvalue weighted by Crippen LogP contribution is 2.37. The molecule has 0 aromatic heterocycles. The summed E-state index contributed by atoms with van der Waals surface area (Å²) in [6, 6.07) is 9.18. The lowest BCUT2D eigenvalue weighted by Crippen LogP contribution is -2.39. The molecule has 0 aliphatic carbocycles. The highest BCUT2D eigenvalue weighted by Gasteiger charge is 2.37. The minimum absolute atomic E-state index is 0.126. The van der Waals surface area contributed by atoms with E-state index in [4.69, 9.17) is 4.74 Å². The Morgan fingerprint density at radius 1 is 0.931 bits per heavy atom. The zero-order chi connectivity index (χ0) is 21.2. The van der Waals surface area contributed by atoms with Crippen LogP contribution >= 0.6 is 0 Å². The van der Waals surface area contributed by atoms with E-state index in [9.17, 15) is 26.3 Å². The Balaban J connectivity index is 1.80. The van der Waals surface area contributed by atoms with Crippen LogP contribution in [-0.2, 0) is 23.7 Å². The summed E-state index contributed by atoms with van der Waals surface area (Å²) >= 11 is 0. The molecule has 1 fully saturated rings. The van der Waals surface area contributed by atoms with Gasteiger partial charge in [-0.1, -0.05) is 29.8 Å². The molecule has 2 atom stereocenters. The Hall–Kier alpha value is -2.06. The van der Waals surface area contributed by atoms with Gasteiger partial charge in [-0.3, -0.25) is 0 Å². The van der Waals surface area contributed by atoms with E-state index in [-0.39, 0.29) is 30.4 Å². The fourth-order valence-corrected chi connectivity index (χ4v) is 3.45. The number of benzene rings is 2. The summed E-state index contributed by atoms with van der Waals surface area (Å²) in [5, 5.41) is 3.33. The smallest absolute Gasteiger partial charge is 0.372 e. The summed E-state index contributed by atoms with van der Waals surface area (Å²) in [5.41, 5.74) is -0.753. The van der Waals surface area contributed by atoms with Crippen molar-refractivity contribution in [3.8, 4) is 0 Å². The van der Waals surface area contributed by atoms with Crippen LogP contribution in [-0.4, -0.2) is 12.6 Å². The van der Waals surface area contributed by atoms with Gasteiger partial charge in [0.05, 0.1) is 29.9 Å². The first-order chi connectivity index (χ1) is 13.5. The molecule has 1 saturated heterocycles. The average Bonchev–Trinajstić information content (AvgIpc) is 2.66. The Morgan fingerprint density at radius 2 is 1.52 bits per heavy atom. The summed E-state index contributed by atoms with van der Waals surface area (Å²) in [7, 11) is 0. The molecule has 0 bridgehead atoms. The molecule has 0 unspecified atom stereocenters. The molecular weight excluding hydrogens is 396 g/mol. The van der Waals surface area contributed by atoms with E-state index < -0.39 is 23.5 Å². The number of nitrogens with one attached hydrogen (secondary N) is 1. The van der Waals surface area contributed by atoms with Crippen molar-refractivity contribution < 1.29 is 31.1 Å². The van der Waals surface area contributed by atoms with E-state index in [1.54, 1.807) is 0 Å². The standard InChI is InChI=1S/C21H21F6NO/c1-13-4-6-15(7-5-13)19-18(3-2-8-28-19)29-12-14-9-16(20(22,23)24)11-17(10-14)21(25,26)27/h4-7,9-11,18-19,28H,2-3,8,12H2,1H3/t18-,19-/m0/s1. The van der Waals surface area contributed by atoms with Gasteiger partial charge < -0.3 is 10.1 Å². The van der Waals surface area contributed by atoms with Crippen molar-refractivity contribution in [3.05, 3.63) is 70.3 Å². The molecule has 2 aromatic rings. The van der Waals surface area contributed by atoms with E-state index in [0.717, 1.165) is 24.1 Å². The van der Waals surface area contributed by atoms with Crippen LogP contribution in [0.2, 0.25) is 0 Å². The Labute approximate surface area is 164 Å². The van der Waals surface area contributed by atoms with Gasteiger partial charge in [-0.15, -0.1) is 0 Å². The summed E-state index contributed by atoms with van der Waals surface area (Å²) < 4.78 is 84.0. The van der Waals surface area contributed by atoms with Crippen LogP contribution in [0.1, 0.15) is 46.7 Å². The van der Waals surface area contributed by atoms with Crippen molar-refractivity contribution in [2.75, 3.05) is 6.54 Å². The molecular formula is C21H21F6NO. The quantitative estimate of drug-likeness (QED) is 0.612. The molecule has 29 heavy (non-hydrogen) atoms. The number of hydrogen-bond donors (Lipinski definition) is 1. The molecule has 1 heterocycles. The second-order valence-corrected chi connectivity index (χ2v) is 7.25. The monoisotopic (exact) mass is 417 g/mol. The largest absolute Gasteiger partial charge is 0.416 e. The average molecular weight is 417 g/mol. The molecule has 1 aliphatic rings. The van der Waals surface area contributed by atoms with Gasteiger partial charge in [-0.25, -0.2) is 0 Å². The Morgan fingerprint density at radius 3 is 2.07 bits per heavy atom. The molecule has 0 radical (unpaired) electrons. The van der Waals surface area contributed by atoms with E-state index in [2.05, 4.69) is 5.32 Å². The third-order valence-corrected chi connectivity index (χ3v) is 4.95. The summed E-state index contributed by atoms with van der Waals surface area (Å²) in [4.78, 5) is 0. The number of halogens is 6. The summed E-state index contributed by atoms with van der Waals surface area (Å²) in [6.07, 6.45) is -8.62. The van der Waals surface area contributed by atoms with E-state index in [1.807, 2.05) is 31.2 Å². The van der Waals surface area contributed by atoms with Crippen LogP contribution in [0.5, 0.6) is 0 Å². The van der Waals surface area contributed by atoms with Crippen molar-refractivity contribution in [1.29, 1.82) is 0 Å². The molecule has 1 N–H and O–H groups in total. The van der Waals surface area contributed by atoms with Crippen LogP contribution in [0, 0.1) is 6.92 Å². The number of aryl methyl sites for hydroxylation is 1. The van der Waals surface area contributed by atoms with Gasteiger partial charge in [-0.2, -0.15) is 26.3 Å². The van der Waals surface area contributed by atoms with E-state index in [0.29, 0.717) is 18.6 Å². The zero-order valence-corrected chi connectivity index (χ0v) is 15.7. The van der Waals surface area contributed by atoms with Gasteiger partial charge in [0.25, 0.3) is 0 Å². The minimum atomic E-state index is -4.87. The lowest BCUT2D eigenvalue weighted by Gasteiger charge is -2.33. The predicted octanol–water partition coefficient (Wildman–Crippen LogP) is 6.04. The summed E-state index contributed by atoms with van der Waals surface area (Å²) in [6.45, 7) is 2.39. The number of piperidine rings is 1. The second-order valence-electron chi connectivity index (χ2n) is 7.25. The summed E-state index contributed by atoms with van der Waals surface area (Å²) in [5.74, 6) is 0. The molecule has 2 aromatic carbocycles. The maximum atomic E-state index is 13.0. The van der Waals surface area contributed by atoms with Gasteiger partial charge in [0, 0.05) is 0 Å². The van der Waals surface area contributed by atoms with Gasteiger partial charge in [0.1, 0.15) is 0 Å². The third-order valence-electron chi connectivity index (χ3n) is 4.95. The fourth-order valence-electron chi connectivity index (χ4n) is 3.45. The van der Waals surface area contributed by atoms with Crippen molar-refractivity contribution in [1.82, 2.24) is 5.32 Å². The Bertz CT molecular complexity index is 796. The normalized spacial score (nSPS) is 20.7. The zero-order valence-electron chi connectivity index (χ0n) is 15.7. The maximum absolute atomic E-state index is 13.0. The maximum Gasteiger partial charge on any atom is 0.416 e. The SMILES string of the molecule is Cc1ccc([C@@H]2NCCC[C@@H]2OCc2cc(C(F)(F)F)cc(C(F)(F)F)c2)cc1. The molecule has 0 spiro atoms. The van der Waals surface area contributed by atoms with Gasteiger partial charge in [0.2, 0.25) is 0 Å². The number of rotatable bonds is 4. The number of alkyl halides is 6. The first-order valence-corrected chi connectivity index (χ1v) is 9.24. The van der Waals surface area contributed by atoms with Crippen molar-refractivity contribution >= 4 is 0 Å². The minimum Gasteiger partial charge on any atom is -0.372 e. The van der Waals surface area contributed by atoms with Crippen molar-refractivity contribution in [2.24, 2.45) is 0 Å². The number of ether oxygens (including phenoxy) is 1. The molecule has 1 aliphatic heterocycles. The molecule has 8 heteroatoms. The number of hydrogen-bond acceptors (Lipinski definition) is 2. The lowest BCUT2D eigenvalue weighted by atomic mass is 9.94. The predicted molar refractivity (Wildman–Crippen MR) is 96.2 cm³/mol. The molecule has 0 saturated carbocycles. The Kier molecular flexibility index (Phi) is 6.24. The van der Waals surface area contributed by atoms with Gasteiger partial charge >= 0.3 is 12.4 Å². The molecule has 158 valence electrons. The lowest BCUT2D eigenvalue weighted by molar-refractivity contribution is -0.143. The first-order valence-electron chi connectivity index (χ1n) is 9.24. The second kappa shape index (κ2) is 8.36. The van der Waals surface area contributed by atoms with Crippen molar-refractivity contribution in [2.45, 2.75) is 50.9 Å².